The van der Waals surface area contributed by atoms with E-state index >= 15 is 0 Å². The van der Waals surface area contributed by atoms with Gasteiger partial charge in [-0.25, -0.2) is 4.79 Å². The average Bonchev–Trinajstić information content (AvgIpc) is 2.63. The zero-order valence-electron chi connectivity index (χ0n) is 15.2. The molecule has 1 aromatic carbocycles. The fourth-order valence-electron chi connectivity index (χ4n) is 3.60. The van der Waals surface area contributed by atoms with E-state index < -0.39 is 11.9 Å². The predicted octanol–water partition coefficient (Wildman–Crippen LogP) is 4.15. The lowest BCUT2D eigenvalue weighted by Crippen LogP contribution is -2.34. The standard InChI is InChI=1S/C20H21Cl2NO4/c1-11-16(20(25)27-10-9-26-2)17(12-5-3-6-13(21)19(12)22)18-14(23-11)7-4-8-15(18)24/h3,5-6,17,23H,4,7-10H2,1-2H3/t17-/m0/s1. The zero-order valence-corrected chi connectivity index (χ0v) is 16.7. The van der Waals surface area contributed by atoms with Gasteiger partial charge in [0.2, 0.25) is 0 Å². The Labute approximate surface area is 168 Å². The van der Waals surface area contributed by atoms with Crippen molar-refractivity contribution < 1.29 is 19.1 Å². The number of benzene rings is 1. The van der Waals surface area contributed by atoms with Gasteiger partial charge in [0.1, 0.15) is 6.61 Å². The van der Waals surface area contributed by atoms with Crippen LogP contribution in [0.2, 0.25) is 10.0 Å². The predicted molar refractivity (Wildman–Crippen MR) is 104 cm³/mol. The van der Waals surface area contributed by atoms with Gasteiger partial charge in [0.05, 0.1) is 22.2 Å². The molecule has 2 aliphatic rings. The summed E-state index contributed by atoms with van der Waals surface area (Å²) in [6, 6.07) is 5.24. The Bertz CT molecular complexity index is 844. The fourth-order valence-corrected chi connectivity index (χ4v) is 4.02. The third kappa shape index (κ3) is 3.91. The monoisotopic (exact) mass is 409 g/mol. The quantitative estimate of drug-likeness (QED) is 0.584. The fraction of sp³-hybridized carbons (Fsp3) is 0.400. The number of carbonyl (C=O) groups is 2. The number of methoxy groups -OCH3 is 1. The van der Waals surface area contributed by atoms with E-state index in [-0.39, 0.29) is 12.4 Å². The summed E-state index contributed by atoms with van der Waals surface area (Å²) in [5.74, 6) is -1.09. The number of hydrogen-bond donors (Lipinski definition) is 1. The summed E-state index contributed by atoms with van der Waals surface area (Å²) < 4.78 is 10.3. The molecule has 27 heavy (non-hydrogen) atoms. The molecule has 1 N–H and O–H groups in total. The highest BCUT2D eigenvalue weighted by atomic mass is 35.5. The highest BCUT2D eigenvalue weighted by molar-refractivity contribution is 6.42. The van der Waals surface area contributed by atoms with Gasteiger partial charge in [-0.15, -0.1) is 0 Å². The van der Waals surface area contributed by atoms with Crippen LogP contribution < -0.4 is 5.32 Å². The van der Waals surface area contributed by atoms with Crippen molar-refractivity contribution in [3.8, 4) is 0 Å². The first kappa shape index (κ1) is 19.9. The van der Waals surface area contributed by atoms with Gasteiger partial charge in [-0.2, -0.15) is 0 Å². The summed E-state index contributed by atoms with van der Waals surface area (Å²) in [6.45, 7) is 2.23. The Morgan fingerprint density at radius 3 is 2.78 bits per heavy atom. The number of esters is 1. The lowest BCUT2D eigenvalue weighted by Gasteiger charge is -2.34. The van der Waals surface area contributed by atoms with Crippen LogP contribution in [0.5, 0.6) is 0 Å². The first-order valence-electron chi connectivity index (χ1n) is 8.79. The molecule has 1 aliphatic carbocycles. The molecular formula is C20H21Cl2NO4. The van der Waals surface area contributed by atoms with Crippen LogP contribution in [-0.4, -0.2) is 32.1 Å². The normalized spacial score (nSPS) is 19.7. The maximum absolute atomic E-state index is 12.9. The number of allylic oxidation sites excluding steroid dienone is 3. The van der Waals surface area contributed by atoms with E-state index in [1.807, 2.05) is 0 Å². The first-order chi connectivity index (χ1) is 13.0. The molecule has 0 saturated carbocycles. The van der Waals surface area contributed by atoms with Crippen LogP contribution in [0.3, 0.4) is 0 Å². The minimum absolute atomic E-state index is 0.0134. The second-order valence-electron chi connectivity index (χ2n) is 6.54. The van der Waals surface area contributed by atoms with Crippen molar-refractivity contribution in [3.63, 3.8) is 0 Å². The van der Waals surface area contributed by atoms with Crippen molar-refractivity contribution in [1.82, 2.24) is 5.32 Å². The summed E-state index contributed by atoms with van der Waals surface area (Å²) in [6.07, 6.45) is 1.97. The minimum atomic E-state index is -0.602. The lowest BCUT2D eigenvalue weighted by atomic mass is 9.75. The van der Waals surface area contributed by atoms with E-state index in [0.717, 1.165) is 18.5 Å². The van der Waals surface area contributed by atoms with Crippen LogP contribution in [0.4, 0.5) is 0 Å². The summed E-state index contributed by atoms with van der Waals surface area (Å²) in [7, 11) is 1.53. The van der Waals surface area contributed by atoms with E-state index in [1.165, 1.54) is 7.11 Å². The molecule has 0 radical (unpaired) electrons. The van der Waals surface area contributed by atoms with Crippen LogP contribution in [-0.2, 0) is 19.1 Å². The molecule has 0 spiro atoms. The Morgan fingerprint density at radius 1 is 1.26 bits per heavy atom. The number of halogens is 2. The third-order valence-electron chi connectivity index (χ3n) is 4.81. The number of rotatable bonds is 5. The van der Waals surface area contributed by atoms with Gasteiger partial charge in [0.25, 0.3) is 0 Å². The van der Waals surface area contributed by atoms with Crippen LogP contribution in [0, 0.1) is 0 Å². The largest absolute Gasteiger partial charge is 0.460 e. The summed E-state index contributed by atoms with van der Waals surface area (Å²) >= 11 is 12.7. The number of dihydropyridines is 1. The second kappa shape index (κ2) is 8.46. The van der Waals surface area contributed by atoms with Crippen LogP contribution >= 0.6 is 23.2 Å². The SMILES string of the molecule is COCCOC(=O)C1=C(C)NC2=C(C(=O)CCC2)[C@H]1c1cccc(Cl)c1Cl. The molecule has 0 amide bonds. The number of ketones is 1. The molecule has 0 fully saturated rings. The molecule has 1 aliphatic heterocycles. The van der Waals surface area contributed by atoms with Gasteiger partial charge >= 0.3 is 5.97 Å². The molecule has 0 bridgehead atoms. The Kier molecular flexibility index (Phi) is 6.25. The molecule has 7 heteroatoms. The summed E-state index contributed by atoms with van der Waals surface area (Å²) in [5.41, 5.74) is 3.09. The third-order valence-corrected chi connectivity index (χ3v) is 5.64. The van der Waals surface area contributed by atoms with E-state index in [4.69, 9.17) is 32.7 Å². The average molecular weight is 410 g/mol. The highest BCUT2D eigenvalue weighted by Gasteiger charge is 2.40. The van der Waals surface area contributed by atoms with E-state index in [1.54, 1.807) is 25.1 Å². The summed E-state index contributed by atoms with van der Waals surface area (Å²) in [5, 5.41) is 3.95. The number of carbonyl (C=O) groups excluding carboxylic acids is 2. The Balaban J connectivity index is 2.11. The highest BCUT2D eigenvalue weighted by Crippen LogP contribution is 2.45. The molecule has 1 heterocycles. The Hall–Kier alpha value is -1.82. The van der Waals surface area contributed by atoms with Crippen LogP contribution in [0.15, 0.2) is 40.7 Å². The van der Waals surface area contributed by atoms with Crippen LogP contribution in [0.25, 0.3) is 0 Å². The molecule has 1 atom stereocenters. The van der Waals surface area contributed by atoms with Gasteiger partial charge in [0, 0.05) is 36.4 Å². The second-order valence-corrected chi connectivity index (χ2v) is 7.32. The minimum Gasteiger partial charge on any atom is -0.460 e. The maximum atomic E-state index is 12.9. The van der Waals surface area contributed by atoms with Crippen molar-refractivity contribution in [1.29, 1.82) is 0 Å². The van der Waals surface area contributed by atoms with Gasteiger partial charge in [-0.05, 0) is 31.4 Å². The van der Waals surface area contributed by atoms with Crippen molar-refractivity contribution in [2.24, 2.45) is 0 Å². The van der Waals surface area contributed by atoms with Gasteiger partial charge in [-0.1, -0.05) is 35.3 Å². The molecule has 3 rings (SSSR count). The molecule has 1 aromatic rings. The Morgan fingerprint density at radius 2 is 2.04 bits per heavy atom. The lowest BCUT2D eigenvalue weighted by molar-refractivity contribution is -0.140. The molecule has 144 valence electrons. The van der Waals surface area contributed by atoms with E-state index in [2.05, 4.69) is 5.32 Å². The number of ether oxygens (including phenoxy) is 2. The topological polar surface area (TPSA) is 64.6 Å². The van der Waals surface area contributed by atoms with Crippen molar-refractivity contribution in [2.75, 3.05) is 20.3 Å². The molecular weight excluding hydrogens is 389 g/mol. The van der Waals surface area contributed by atoms with Crippen LogP contribution in [0.1, 0.15) is 37.7 Å². The molecule has 0 unspecified atom stereocenters. The van der Waals surface area contributed by atoms with Gasteiger partial charge in [0.15, 0.2) is 5.78 Å². The number of nitrogens with one attached hydrogen (secondary N) is 1. The van der Waals surface area contributed by atoms with Crippen molar-refractivity contribution in [2.45, 2.75) is 32.1 Å². The maximum Gasteiger partial charge on any atom is 0.336 e. The summed E-state index contributed by atoms with van der Waals surface area (Å²) in [4.78, 5) is 25.6. The van der Waals surface area contributed by atoms with E-state index in [0.29, 0.717) is 45.5 Å². The van der Waals surface area contributed by atoms with Gasteiger partial charge in [-0.3, -0.25) is 4.79 Å². The number of Topliss-reactive ketones (excluding diaryl/α,β-unsaturated/α-hetero) is 1. The first-order valence-corrected chi connectivity index (χ1v) is 9.55. The van der Waals surface area contributed by atoms with Gasteiger partial charge < -0.3 is 14.8 Å². The molecule has 5 nitrogen and oxygen atoms in total. The number of hydrogen-bond acceptors (Lipinski definition) is 5. The van der Waals surface area contributed by atoms with Crippen molar-refractivity contribution >= 4 is 35.0 Å². The smallest absolute Gasteiger partial charge is 0.336 e. The van der Waals surface area contributed by atoms with Crippen molar-refractivity contribution in [3.05, 3.63) is 56.3 Å². The molecule has 0 aromatic heterocycles. The zero-order chi connectivity index (χ0) is 19.6. The van der Waals surface area contributed by atoms with E-state index in [9.17, 15) is 9.59 Å². The molecule has 0 saturated heterocycles.